The number of halogens is 3. The molecular formula is C9H11F3N2O3. The van der Waals surface area contributed by atoms with Crippen molar-refractivity contribution in [2.75, 3.05) is 5.32 Å². The van der Waals surface area contributed by atoms with E-state index < -0.39 is 35.2 Å². The zero-order chi connectivity index (χ0) is 13.4. The van der Waals surface area contributed by atoms with Gasteiger partial charge in [-0.2, -0.15) is 18.2 Å². The molecule has 0 spiro atoms. The van der Waals surface area contributed by atoms with Gasteiger partial charge in [0.15, 0.2) is 5.69 Å². The molecule has 0 aliphatic rings. The topological polar surface area (TPSA) is 75.4 Å². The highest BCUT2D eigenvalue weighted by Crippen LogP contribution is 2.33. The first kappa shape index (κ1) is 13.3. The highest BCUT2D eigenvalue weighted by Gasteiger charge is 2.41. The first-order valence-corrected chi connectivity index (χ1v) is 4.60. The number of nitrogens with zero attached hydrogens (tertiary/aromatic N) is 1. The second-order valence-electron chi connectivity index (χ2n) is 4.37. The quantitative estimate of drug-likeness (QED) is 0.846. The summed E-state index contributed by atoms with van der Waals surface area (Å²) >= 11 is 0. The minimum Gasteiger partial charge on any atom is -0.475 e. The number of hydrogen-bond donors (Lipinski definition) is 2. The SMILES string of the molecule is CC(C)(C)Nc1nc(C(F)(F)F)c(C(=O)O)o1. The number of oxazole rings is 1. The average Bonchev–Trinajstić information content (AvgIpc) is 2.43. The van der Waals surface area contributed by atoms with E-state index in [1.54, 1.807) is 20.8 Å². The summed E-state index contributed by atoms with van der Waals surface area (Å²) in [6, 6.07) is -0.470. The van der Waals surface area contributed by atoms with Crippen LogP contribution in [0.1, 0.15) is 37.0 Å². The van der Waals surface area contributed by atoms with Crippen LogP contribution in [0.2, 0.25) is 0 Å². The minimum atomic E-state index is -4.87. The van der Waals surface area contributed by atoms with Crippen molar-refractivity contribution in [3.8, 4) is 0 Å². The number of aromatic nitrogens is 1. The van der Waals surface area contributed by atoms with Gasteiger partial charge in [0.05, 0.1) is 0 Å². The maximum Gasteiger partial charge on any atom is 0.437 e. The van der Waals surface area contributed by atoms with Crippen LogP contribution in [0.3, 0.4) is 0 Å². The lowest BCUT2D eigenvalue weighted by Crippen LogP contribution is -2.26. The summed E-state index contributed by atoms with van der Waals surface area (Å²) in [6.07, 6.45) is -4.87. The maximum atomic E-state index is 12.4. The summed E-state index contributed by atoms with van der Waals surface area (Å²) in [5.41, 5.74) is -2.14. The lowest BCUT2D eigenvalue weighted by molar-refractivity contribution is -0.141. The molecule has 0 saturated heterocycles. The van der Waals surface area contributed by atoms with E-state index >= 15 is 0 Å². The van der Waals surface area contributed by atoms with Crippen LogP contribution in [0.4, 0.5) is 19.2 Å². The van der Waals surface area contributed by atoms with Crippen LogP contribution in [0.5, 0.6) is 0 Å². The highest BCUT2D eigenvalue weighted by molar-refractivity contribution is 5.86. The molecule has 0 amide bonds. The number of aromatic carboxylic acids is 1. The molecule has 96 valence electrons. The van der Waals surface area contributed by atoms with Crippen LogP contribution in [0, 0.1) is 0 Å². The van der Waals surface area contributed by atoms with Gasteiger partial charge < -0.3 is 14.8 Å². The standard InChI is InChI=1S/C9H11F3N2O3/c1-8(2,3)14-7-13-5(9(10,11)12)4(17-7)6(15)16/h1-3H3,(H,13,14)(H,15,16). The van der Waals surface area contributed by atoms with E-state index in [9.17, 15) is 18.0 Å². The summed E-state index contributed by atoms with van der Waals surface area (Å²) in [7, 11) is 0. The molecule has 8 heteroatoms. The summed E-state index contributed by atoms with van der Waals surface area (Å²) in [5, 5.41) is 11.1. The van der Waals surface area contributed by atoms with Gasteiger partial charge in [0.2, 0.25) is 5.76 Å². The van der Waals surface area contributed by atoms with Crippen LogP contribution in [-0.2, 0) is 6.18 Å². The van der Waals surface area contributed by atoms with Gasteiger partial charge in [-0.15, -0.1) is 0 Å². The zero-order valence-corrected chi connectivity index (χ0v) is 9.34. The number of hydrogen-bond acceptors (Lipinski definition) is 4. The predicted octanol–water partition coefficient (Wildman–Crippen LogP) is 2.60. The second-order valence-corrected chi connectivity index (χ2v) is 4.37. The number of rotatable bonds is 2. The molecule has 0 aliphatic heterocycles. The first-order valence-electron chi connectivity index (χ1n) is 4.60. The zero-order valence-electron chi connectivity index (χ0n) is 9.34. The molecule has 0 fully saturated rings. The van der Waals surface area contributed by atoms with Crippen LogP contribution in [0.15, 0.2) is 4.42 Å². The Hall–Kier alpha value is -1.73. The fraction of sp³-hybridized carbons (Fsp3) is 0.556. The van der Waals surface area contributed by atoms with Crippen molar-refractivity contribution in [3.63, 3.8) is 0 Å². The van der Waals surface area contributed by atoms with Crippen molar-refractivity contribution in [2.45, 2.75) is 32.5 Å². The molecule has 1 aromatic heterocycles. The van der Waals surface area contributed by atoms with E-state index in [4.69, 9.17) is 5.11 Å². The van der Waals surface area contributed by atoms with Crippen molar-refractivity contribution in [1.29, 1.82) is 0 Å². The number of carbonyl (C=O) groups is 1. The van der Waals surface area contributed by atoms with Gasteiger partial charge in [0.1, 0.15) is 0 Å². The Balaban J connectivity index is 3.18. The molecule has 0 unspecified atom stereocenters. The Morgan fingerprint density at radius 1 is 1.35 bits per heavy atom. The molecule has 1 heterocycles. The summed E-state index contributed by atoms with van der Waals surface area (Å²) < 4.78 is 41.9. The van der Waals surface area contributed by atoms with Gasteiger partial charge in [-0.25, -0.2) is 4.79 Å². The fourth-order valence-corrected chi connectivity index (χ4v) is 1.03. The van der Waals surface area contributed by atoms with Gasteiger partial charge in [0.25, 0.3) is 6.01 Å². The third kappa shape index (κ3) is 3.36. The molecule has 17 heavy (non-hydrogen) atoms. The molecule has 0 atom stereocenters. The summed E-state index contributed by atoms with van der Waals surface area (Å²) in [4.78, 5) is 13.7. The maximum absolute atomic E-state index is 12.4. The normalized spacial score (nSPS) is 12.6. The van der Waals surface area contributed by atoms with Crippen molar-refractivity contribution >= 4 is 12.0 Å². The lowest BCUT2D eigenvalue weighted by atomic mass is 10.1. The number of carboxylic acid groups (broad SMARTS) is 1. The van der Waals surface area contributed by atoms with E-state index in [-0.39, 0.29) is 0 Å². The number of alkyl halides is 3. The molecular weight excluding hydrogens is 241 g/mol. The van der Waals surface area contributed by atoms with Crippen molar-refractivity contribution in [3.05, 3.63) is 11.5 Å². The molecule has 0 saturated carbocycles. The third-order valence-electron chi connectivity index (χ3n) is 1.57. The molecule has 0 aromatic carbocycles. The summed E-state index contributed by atoms with van der Waals surface area (Å²) in [5.74, 6) is -3.03. The van der Waals surface area contributed by atoms with E-state index in [1.165, 1.54) is 0 Å². The van der Waals surface area contributed by atoms with Gasteiger partial charge in [0, 0.05) is 5.54 Å². The fourth-order valence-electron chi connectivity index (χ4n) is 1.03. The largest absolute Gasteiger partial charge is 0.475 e. The van der Waals surface area contributed by atoms with Crippen LogP contribution in [-0.4, -0.2) is 21.6 Å². The minimum absolute atomic E-state index is 0.470. The molecule has 0 aliphatic carbocycles. The van der Waals surface area contributed by atoms with E-state index in [0.29, 0.717) is 0 Å². The Morgan fingerprint density at radius 2 is 1.88 bits per heavy atom. The third-order valence-corrected chi connectivity index (χ3v) is 1.57. The highest BCUT2D eigenvalue weighted by atomic mass is 19.4. The second kappa shape index (κ2) is 3.94. The van der Waals surface area contributed by atoms with Crippen molar-refractivity contribution < 1.29 is 27.5 Å². The number of nitrogens with one attached hydrogen (secondary N) is 1. The molecule has 5 nitrogen and oxygen atoms in total. The Morgan fingerprint density at radius 3 is 2.18 bits per heavy atom. The molecule has 0 radical (unpaired) electrons. The van der Waals surface area contributed by atoms with E-state index in [2.05, 4.69) is 14.7 Å². The van der Waals surface area contributed by atoms with Gasteiger partial charge >= 0.3 is 12.1 Å². The Bertz CT molecular complexity index is 432. The average molecular weight is 252 g/mol. The summed E-state index contributed by atoms with van der Waals surface area (Å²) in [6.45, 7) is 5.01. The van der Waals surface area contributed by atoms with Gasteiger partial charge in [-0.3, -0.25) is 0 Å². The van der Waals surface area contributed by atoms with E-state index in [0.717, 1.165) is 0 Å². The predicted molar refractivity (Wildman–Crippen MR) is 51.8 cm³/mol. The van der Waals surface area contributed by atoms with Crippen LogP contribution < -0.4 is 5.32 Å². The van der Waals surface area contributed by atoms with Gasteiger partial charge in [-0.05, 0) is 20.8 Å². The van der Waals surface area contributed by atoms with Gasteiger partial charge in [-0.1, -0.05) is 0 Å². The number of carboxylic acids is 1. The Labute approximate surface area is 94.6 Å². The molecule has 2 N–H and O–H groups in total. The molecule has 1 rings (SSSR count). The van der Waals surface area contributed by atoms with Crippen molar-refractivity contribution in [1.82, 2.24) is 4.98 Å². The van der Waals surface area contributed by atoms with Crippen LogP contribution >= 0.6 is 0 Å². The molecule has 1 aromatic rings. The van der Waals surface area contributed by atoms with E-state index in [1.807, 2.05) is 0 Å². The smallest absolute Gasteiger partial charge is 0.437 e. The van der Waals surface area contributed by atoms with Crippen molar-refractivity contribution in [2.24, 2.45) is 0 Å². The van der Waals surface area contributed by atoms with Crippen LogP contribution in [0.25, 0.3) is 0 Å². The monoisotopic (exact) mass is 252 g/mol. The number of anilines is 1. The Kier molecular flexibility index (Phi) is 3.09. The first-order chi connectivity index (χ1) is 7.50. The lowest BCUT2D eigenvalue weighted by Gasteiger charge is -2.18. The molecule has 0 bridgehead atoms.